The highest BCUT2D eigenvalue weighted by molar-refractivity contribution is 14.1. The number of halogens is 2. The Morgan fingerprint density at radius 3 is 2.24 bits per heavy atom. The van der Waals surface area contributed by atoms with Crippen LogP contribution in [0.1, 0.15) is 26.9 Å². The van der Waals surface area contributed by atoms with Gasteiger partial charge in [-0.25, -0.2) is 18.8 Å². The van der Waals surface area contributed by atoms with Crippen LogP contribution >= 0.6 is 22.6 Å². The van der Waals surface area contributed by atoms with Gasteiger partial charge in [0.05, 0.1) is 15.6 Å². The van der Waals surface area contributed by atoms with Crippen LogP contribution in [0.2, 0.25) is 0 Å². The van der Waals surface area contributed by atoms with Crippen molar-refractivity contribution in [2.24, 2.45) is 0 Å². The predicted molar refractivity (Wildman–Crippen MR) is 142 cm³/mol. The van der Waals surface area contributed by atoms with E-state index in [1.54, 1.807) is 59.0 Å². The Morgan fingerprint density at radius 2 is 1.68 bits per heavy atom. The summed E-state index contributed by atoms with van der Waals surface area (Å²) in [7, 11) is 0. The Morgan fingerprint density at radius 1 is 1.08 bits per heavy atom. The predicted octanol–water partition coefficient (Wildman–Crippen LogP) is 3.48. The minimum absolute atomic E-state index is 0.0920. The highest BCUT2D eigenvalue weighted by atomic mass is 127. The quantitative estimate of drug-likeness (QED) is 0.184. The molecule has 0 amide bonds. The summed E-state index contributed by atoms with van der Waals surface area (Å²) in [4.78, 5) is 53.0. The Hall–Kier alpha value is -4.02. The number of aromatic nitrogens is 2. The number of hydrogen-bond donors (Lipinski definition) is 1. The van der Waals surface area contributed by atoms with Gasteiger partial charge in [-0.1, -0.05) is 70.5 Å². The van der Waals surface area contributed by atoms with Crippen molar-refractivity contribution in [1.82, 2.24) is 9.55 Å². The monoisotopic (exact) mass is 630 g/mol. The maximum absolute atomic E-state index is 16.5. The molecule has 11 heteroatoms. The van der Waals surface area contributed by atoms with E-state index in [0.717, 1.165) is 22.9 Å². The Balaban J connectivity index is 1.95. The lowest BCUT2D eigenvalue weighted by molar-refractivity contribution is -0.170. The fourth-order valence-electron chi connectivity index (χ4n) is 3.96. The highest BCUT2D eigenvalue weighted by Crippen LogP contribution is 2.51. The van der Waals surface area contributed by atoms with Gasteiger partial charge in [-0.3, -0.25) is 14.3 Å². The van der Waals surface area contributed by atoms with E-state index in [-0.39, 0.29) is 11.1 Å². The Kier molecular flexibility index (Phi) is 7.94. The van der Waals surface area contributed by atoms with E-state index in [4.69, 9.17) is 14.2 Å². The topological polar surface area (TPSA) is 117 Å². The van der Waals surface area contributed by atoms with Crippen LogP contribution in [0.15, 0.2) is 107 Å². The van der Waals surface area contributed by atoms with Gasteiger partial charge in [-0.2, -0.15) is 0 Å². The number of nitrogens with one attached hydrogen (secondary N) is 1. The molecule has 1 aromatic heterocycles. The van der Waals surface area contributed by atoms with Crippen molar-refractivity contribution < 1.29 is 28.2 Å². The summed E-state index contributed by atoms with van der Waals surface area (Å²) in [5, 5.41) is 0. The highest BCUT2D eigenvalue weighted by Gasteiger charge is 2.69. The molecule has 0 saturated carbocycles. The van der Waals surface area contributed by atoms with Crippen molar-refractivity contribution in [2.75, 3.05) is 4.43 Å². The molecule has 0 spiro atoms. The number of hydrogen-bond acceptors (Lipinski definition) is 7. The van der Waals surface area contributed by atoms with Crippen LogP contribution in [0.3, 0.4) is 0 Å². The number of esters is 2. The van der Waals surface area contributed by atoms with Gasteiger partial charge in [-0.15, -0.1) is 0 Å². The molecule has 0 radical (unpaired) electrons. The van der Waals surface area contributed by atoms with Crippen LogP contribution < -0.4 is 11.2 Å². The van der Waals surface area contributed by atoms with E-state index in [9.17, 15) is 19.2 Å². The van der Waals surface area contributed by atoms with E-state index in [2.05, 4.69) is 23.0 Å². The first-order valence-corrected chi connectivity index (χ1v) is 12.7. The normalized spacial score (nSPS) is 24.1. The van der Waals surface area contributed by atoms with Crippen LogP contribution in [-0.4, -0.2) is 43.5 Å². The average Bonchev–Trinajstić information content (AvgIpc) is 3.16. The molecule has 1 N–H and O–H groups in total. The minimum Gasteiger partial charge on any atom is -0.448 e. The van der Waals surface area contributed by atoms with Gasteiger partial charge in [0.25, 0.3) is 11.4 Å². The van der Waals surface area contributed by atoms with Gasteiger partial charge in [0.2, 0.25) is 11.7 Å². The zero-order chi connectivity index (χ0) is 27.3. The van der Waals surface area contributed by atoms with Crippen LogP contribution in [0.4, 0.5) is 4.39 Å². The molecular weight excluding hydrogens is 610 g/mol. The van der Waals surface area contributed by atoms with Crippen LogP contribution in [0.25, 0.3) is 0 Å². The molecule has 194 valence electrons. The molecule has 4 atom stereocenters. The fourth-order valence-corrected chi connectivity index (χ4v) is 4.54. The summed E-state index contributed by atoms with van der Waals surface area (Å²) in [6, 6.07) is 16.6. The second kappa shape index (κ2) is 11.2. The number of ether oxygens (including phenoxy) is 3. The van der Waals surface area contributed by atoms with E-state index < -0.39 is 51.4 Å². The second-order valence-electron chi connectivity index (χ2n) is 8.13. The van der Waals surface area contributed by atoms with Gasteiger partial charge >= 0.3 is 17.6 Å². The maximum Gasteiger partial charge on any atom is 0.339 e. The number of alkyl halides is 2. The fraction of sp³-hybridized carbons (Fsp3) is 0.185. The number of aromatic amines is 1. The van der Waals surface area contributed by atoms with Gasteiger partial charge in [0, 0.05) is 18.3 Å². The van der Waals surface area contributed by atoms with Crippen molar-refractivity contribution >= 4 is 34.5 Å². The molecule has 1 aliphatic rings. The Labute approximate surface area is 229 Å². The molecule has 0 unspecified atom stereocenters. The second-order valence-corrected chi connectivity index (χ2v) is 8.90. The molecule has 38 heavy (non-hydrogen) atoms. The molecule has 2 aromatic carbocycles. The summed E-state index contributed by atoms with van der Waals surface area (Å²) in [5.41, 5.74) is 1.09. The van der Waals surface area contributed by atoms with Crippen LogP contribution in [0.5, 0.6) is 0 Å². The lowest BCUT2D eigenvalue weighted by Gasteiger charge is -2.35. The number of benzene rings is 2. The summed E-state index contributed by atoms with van der Waals surface area (Å²) < 4.78 is 34.2. The van der Waals surface area contributed by atoms with Gasteiger partial charge in [-0.05, 0) is 30.8 Å². The first kappa shape index (κ1) is 27.0. The molecule has 3 aromatic rings. The first-order chi connectivity index (χ1) is 18.2. The molecule has 9 nitrogen and oxygen atoms in total. The van der Waals surface area contributed by atoms with Crippen LogP contribution in [-0.2, 0) is 14.2 Å². The first-order valence-electron chi connectivity index (χ1n) is 11.1. The summed E-state index contributed by atoms with van der Waals surface area (Å²) in [6.07, 6.45) is -1.55. The summed E-state index contributed by atoms with van der Waals surface area (Å²) in [6.45, 7) is 3.44. The van der Waals surface area contributed by atoms with E-state index >= 15 is 4.39 Å². The van der Waals surface area contributed by atoms with Gasteiger partial charge in [0.15, 0.2) is 6.23 Å². The lowest BCUT2D eigenvalue weighted by Crippen LogP contribution is -2.54. The van der Waals surface area contributed by atoms with Crippen molar-refractivity contribution in [1.29, 1.82) is 0 Å². The molecule has 1 fully saturated rings. The molecule has 0 bridgehead atoms. The molecular formula is C27H20FIN2O7. The van der Waals surface area contributed by atoms with Crippen molar-refractivity contribution in [3.8, 4) is 0 Å². The lowest BCUT2D eigenvalue weighted by atomic mass is 9.91. The van der Waals surface area contributed by atoms with Crippen molar-refractivity contribution in [3.05, 3.63) is 129 Å². The van der Waals surface area contributed by atoms with E-state index in [1.165, 1.54) is 24.3 Å². The third-order valence-corrected chi connectivity index (χ3v) is 6.73. The summed E-state index contributed by atoms with van der Waals surface area (Å²) >= 11 is 1.69. The smallest absolute Gasteiger partial charge is 0.339 e. The largest absolute Gasteiger partial charge is 0.448 e. The molecule has 1 aliphatic heterocycles. The number of H-pyrrole nitrogens is 1. The molecule has 4 rings (SSSR count). The minimum atomic E-state index is -2.76. The number of nitrogens with zero attached hydrogens (tertiary/aromatic N) is 1. The third kappa shape index (κ3) is 5.18. The Bertz CT molecular complexity index is 1540. The number of rotatable bonds is 7. The molecule has 2 heterocycles. The van der Waals surface area contributed by atoms with E-state index in [1.807, 2.05) is 0 Å². The van der Waals surface area contributed by atoms with E-state index in [0.29, 0.717) is 0 Å². The maximum atomic E-state index is 16.5. The SMILES string of the molecule is C=C=C=C[C@]1(OC(=O)c2ccccc2)[C@H](n2ccc(=O)[nH]c2=O)O[C@](F)(CI)[C@H]1OC(=O)c1ccccc1. The zero-order valence-corrected chi connectivity index (χ0v) is 21.8. The third-order valence-electron chi connectivity index (χ3n) is 5.69. The standard InChI is InChI=1S/C27H20FIN2O7/c1-2-3-15-26(37-22(34)19-12-8-5-9-13-19)23(36-21(33)18-10-6-4-7-11-18)27(28,17-29)38-24(26)31-16-14-20(32)30-25(31)35/h4-16,23-24H,1,17H2,(H,30,32,35)/t23-,24+,26+,27+/m0/s1. The number of carbonyl (C=O) groups is 2. The zero-order valence-electron chi connectivity index (χ0n) is 19.6. The summed E-state index contributed by atoms with van der Waals surface area (Å²) in [5.74, 6) is -4.63. The number of carbonyl (C=O) groups excluding carboxylic acids is 2. The van der Waals surface area contributed by atoms with Crippen LogP contribution in [0, 0.1) is 0 Å². The van der Waals surface area contributed by atoms with Gasteiger partial charge in [0.1, 0.15) is 0 Å². The van der Waals surface area contributed by atoms with Gasteiger partial charge < -0.3 is 14.2 Å². The molecule has 1 saturated heterocycles. The molecule has 0 aliphatic carbocycles. The average molecular weight is 630 g/mol. The van der Waals surface area contributed by atoms with Crippen molar-refractivity contribution in [3.63, 3.8) is 0 Å². The van der Waals surface area contributed by atoms with Crippen molar-refractivity contribution in [2.45, 2.75) is 23.8 Å².